The van der Waals surface area contributed by atoms with E-state index in [0.717, 1.165) is 57.8 Å². The van der Waals surface area contributed by atoms with Gasteiger partial charge in [-0.3, -0.25) is 18.6 Å². The third kappa shape index (κ3) is 35.5. The SMILES string of the molecule is CCCCC/C=C\CCCCCCCC(=O)OC(CO)COP(=O)(O)OCC(CO)OC(=O)CCCCCCCCCCCCCCCCCC. The van der Waals surface area contributed by atoms with Crippen LogP contribution in [0.2, 0.25) is 0 Å². The fourth-order valence-corrected chi connectivity index (χ4v) is 6.54. The van der Waals surface area contributed by atoms with Gasteiger partial charge >= 0.3 is 19.8 Å². The van der Waals surface area contributed by atoms with Crippen LogP contribution in [-0.4, -0.2) is 65.7 Å². The minimum atomic E-state index is -4.63. The Labute approximate surface area is 311 Å². The minimum Gasteiger partial charge on any atom is -0.457 e. The summed E-state index contributed by atoms with van der Waals surface area (Å²) in [6.45, 7) is 2.18. The molecule has 0 aromatic heterocycles. The van der Waals surface area contributed by atoms with Crippen LogP contribution < -0.4 is 0 Å². The number of phosphoric acid groups is 1. The van der Waals surface area contributed by atoms with Crippen LogP contribution in [0.1, 0.15) is 194 Å². The van der Waals surface area contributed by atoms with Crippen molar-refractivity contribution in [2.75, 3.05) is 26.4 Å². The first kappa shape index (κ1) is 49.7. The number of ether oxygens (including phenoxy) is 2. The molecule has 0 radical (unpaired) electrons. The highest BCUT2D eigenvalue weighted by Gasteiger charge is 2.27. The Balaban J connectivity index is 3.92. The van der Waals surface area contributed by atoms with Crippen molar-refractivity contribution in [3.63, 3.8) is 0 Å². The fourth-order valence-electron chi connectivity index (χ4n) is 5.76. The van der Waals surface area contributed by atoms with Gasteiger partial charge in [0, 0.05) is 12.8 Å². The Kier molecular flexibility index (Phi) is 36.1. The van der Waals surface area contributed by atoms with Gasteiger partial charge in [0.1, 0.15) is 12.2 Å². The van der Waals surface area contributed by atoms with Crippen LogP contribution in [0.25, 0.3) is 0 Å². The van der Waals surface area contributed by atoms with Crippen LogP contribution in [0.4, 0.5) is 0 Å². The van der Waals surface area contributed by atoms with Crippen molar-refractivity contribution in [3.8, 4) is 0 Å². The van der Waals surface area contributed by atoms with Crippen molar-refractivity contribution < 1.29 is 47.8 Å². The van der Waals surface area contributed by atoms with E-state index in [1.807, 2.05) is 0 Å². The lowest BCUT2D eigenvalue weighted by Crippen LogP contribution is -2.28. The maximum atomic E-state index is 12.3. The summed E-state index contributed by atoms with van der Waals surface area (Å²) in [7, 11) is -4.63. The van der Waals surface area contributed by atoms with E-state index < -0.39 is 58.4 Å². The molecular weight excluding hydrogens is 671 g/mol. The largest absolute Gasteiger partial charge is 0.472 e. The Morgan fingerprint density at radius 3 is 1.16 bits per heavy atom. The molecule has 0 saturated heterocycles. The Bertz CT molecular complexity index is 868. The van der Waals surface area contributed by atoms with Crippen LogP contribution >= 0.6 is 7.82 Å². The highest BCUT2D eigenvalue weighted by Crippen LogP contribution is 2.43. The maximum absolute atomic E-state index is 12.3. The highest BCUT2D eigenvalue weighted by molar-refractivity contribution is 7.47. The van der Waals surface area contributed by atoms with Gasteiger partial charge in [-0.25, -0.2) is 4.57 Å². The van der Waals surface area contributed by atoms with E-state index in [1.165, 1.54) is 96.3 Å². The average Bonchev–Trinajstić information content (AvgIpc) is 3.12. The van der Waals surface area contributed by atoms with Crippen molar-refractivity contribution >= 4 is 19.8 Å². The molecule has 0 bridgehead atoms. The summed E-state index contributed by atoms with van der Waals surface area (Å²) >= 11 is 0. The third-order valence-corrected chi connectivity index (χ3v) is 9.93. The van der Waals surface area contributed by atoms with Gasteiger partial charge in [0.15, 0.2) is 0 Å². The molecule has 0 aliphatic carbocycles. The first-order valence-electron chi connectivity index (χ1n) is 20.6. The third-order valence-electron chi connectivity index (χ3n) is 8.98. The van der Waals surface area contributed by atoms with E-state index in [9.17, 15) is 29.3 Å². The van der Waals surface area contributed by atoms with E-state index in [2.05, 4.69) is 26.0 Å². The summed E-state index contributed by atoms with van der Waals surface area (Å²) in [5.41, 5.74) is 0. The first-order valence-corrected chi connectivity index (χ1v) is 22.1. The zero-order valence-electron chi connectivity index (χ0n) is 32.6. The molecular formula is C40H77O10P. The number of hydrogen-bond donors (Lipinski definition) is 3. The molecule has 0 saturated carbocycles. The molecule has 302 valence electrons. The maximum Gasteiger partial charge on any atom is 0.472 e. The molecule has 0 rings (SSSR count). The lowest BCUT2D eigenvalue weighted by molar-refractivity contribution is -0.153. The van der Waals surface area contributed by atoms with Crippen LogP contribution in [0, 0.1) is 0 Å². The zero-order valence-corrected chi connectivity index (χ0v) is 33.5. The van der Waals surface area contributed by atoms with Crippen LogP contribution in [0.15, 0.2) is 12.2 Å². The summed E-state index contributed by atoms with van der Waals surface area (Å²) in [6, 6.07) is 0. The average molecular weight is 749 g/mol. The van der Waals surface area contributed by atoms with Gasteiger partial charge in [-0.1, -0.05) is 154 Å². The molecule has 0 aromatic carbocycles. The normalized spacial score (nSPS) is 14.1. The van der Waals surface area contributed by atoms with Crippen molar-refractivity contribution in [2.24, 2.45) is 0 Å². The number of esters is 2. The Morgan fingerprint density at radius 2 is 0.804 bits per heavy atom. The molecule has 10 nitrogen and oxygen atoms in total. The molecule has 0 aromatic rings. The van der Waals surface area contributed by atoms with E-state index in [1.54, 1.807) is 0 Å². The molecule has 51 heavy (non-hydrogen) atoms. The lowest BCUT2D eigenvalue weighted by Gasteiger charge is -2.20. The van der Waals surface area contributed by atoms with Crippen LogP contribution in [0.5, 0.6) is 0 Å². The second kappa shape index (κ2) is 37.0. The standard InChI is InChI=1S/C40H77O10P/c1-3-5-7-9-11-13-15-17-18-19-20-22-24-26-28-30-32-40(44)50-38(34-42)36-48-51(45,46)47-35-37(33-41)49-39(43)31-29-27-25-23-21-16-14-12-10-8-6-4-2/h12,14,37-38,41-42H,3-11,13,15-36H2,1-2H3,(H,45,46)/b14-12-. The molecule has 0 amide bonds. The summed E-state index contributed by atoms with van der Waals surface area (Å²) in [4.78, 5) is 34.4. The predicted octanol–water partition coefficient (Wildman–Crippen LogP) is 10.4. The summed E-state index contributed by atoms with van der Waals surface area (Å²) in [6.07, 6.45) is 33.3. The zero-order chi connectivity index (χ0) is 37.7. The monoisotopic (exact) mass is 749 g/mol. The van der Waals surface area contributed by atoms with Crippen LogP contribution in [0.3, 0.4) is 0 Å². The van der Waals surface area contributed by atoms with Gasteiger partial charge in [-0.15, -0.1) is 0 Å². The van der Waals surface area contributed by atoms with Gasteiger partial charge < -0.3 is 24.6 Å². The molecule has 3 unspecified atom stereocenters. The summed E-state index contributed by atoms with van der Waals surface area (Å²) in [5.74, 6) is -1.02. The van der Waals surface area contributed by atoms with Gasteiger partial charge in [0.25, 0.3) is 0 Å². The molecule has 0 fully saturated rings. The molecule has 3 atom stereocenters. The van der Waals surface area contributed by atoms with Gasteiger partial charge in [-0.2, -0.15) is 0 Å². The molecule has 3 N–H and O–H groups in total. The number of carbonyl (C=O) groups is 2. The second-order valence-electron chi connectivity index (χ2n) is 14.0. The van der Waals surface area contributed by atoms with E-state index in [4.69, 9.17) is 18.5 Å². The van der Waals surface area contributed by atoms with Crippen molar-refractivity contribution in [1.82, 2.24) is 0 Å². The topological polar surface area (TPSA) is 149 Å². The number of hydrogen-bond acceptors (Lipinski definition) is 9. The number of unbranched alkanes of at least 4 members (excludes halogenated alkanes) is 23. The quantitative estimate of drug-likeness (QED) is 0.0240. The fraction of sp³-hybridized carbons (Fsp3) is 0.900. The van der Waals surface area contributed by atoms with Gasteiger partial charge in [-0.05, 0) is 38.5 Å². The van der Waals surface area contributed by atoms with Crippen molar-refractivity contribution in [3.05, 3.63) is 12.2 Å². The lowest BCUT2D eigenvalue weighted by atomic mass is 10.0. The molecule has 0 aliphatic heterocycles. The Morgan fingerprint density at radius 1 is 0.510 bits per heavy atom. The summed E-state index contributed by atoms with van der Waals surface area (Å²) in [5, 5.41) is 19.1. The summed E-state index contributed by atoms with van der Waals surface area (Å²) < 4.78 is 32.5. The highest BCUT2D eigenvalue weighted by atomic mass is 31.2. The number of carbonyl (C=O) groups excluding carboxylic acids is 2. The molecule has 0 aliphatic rings. The number of phosphoric ester groups is 1. The number of aliphatic hydroxyl groups is 2. The predicted molar refractivity (Wildman–Crippen MR) is 205 cm³/mol. The molecule has 0 spiro atoms. The number of allylic oxidation sites excluding steroid dienone is 2. The van der Waals surface area contributed by atoms with Crippen LogP contribution in [-0.2, 0) is 32.7 Å². The van der Waals surface area contributed by atoms with Crippen molar-refractivity contribution in [1.29, 1.82) is 0 Å². The van der Waals surface area contributed by atoms with Gasteiger partial charge in [0.2, 0.25) is 0 Å². The second-order valence-corrected chi connectivity index (χ2v) is 15.4. The number of aliphatic hydroxyl groups excluding tert-OH is 2. The smallest absolute Gasteiger partial charge is 0.457 e. The number of rotatable bonds is 39. The Hall–Kier alpha value is -1.29. The molecule has 11 heteroatoms. The first-order chi connectivity index (χ1) is 24.8. The van der Waals surface area contributed by atoms with E-state index >= 15 is 0 Å². The minimum absolute atomic E-state index is 0.185. The van der Waals surface area contributed by atoms with Gasteiger partial charge in [0.05, 0.1) is 26.4 Å². The van der Waals surface area contributed by atoms with Crippen molar-refractivity contribution in [2.45, 2.75) is 206 Å². The van der Waals surface area contributed by atoms with E-state index in [0.29, 0.717) is 12.8 Å². The molecule has 0 heterocycles. The van der Waals surface area contributed by atoms with E-state index in [-0.39, 0.29) is 12.8 Å².